The van der Waals surface area contributed by atoms with Crippen molar-refractivity contribution in [3.8, 4) is 0 Å². The van der Waals surface area contributed by atoms with E-state index >= 15 is 0 Å². The van der Waals surface area contributed by atoms with Gasteiger partial charge in [0.2, 0.25) is 0 Å². The standard InChI is InChI=1S/C18H20N2O2/c1-19-17(21)16-15(13-9-5-3-6-10-13)20(2)18(22-16)14-11-7-4-8-12-14/h3-12,15-16,18H,1-2H3,(H,19,21)/t15-,16-,18-/m1/s1. The zero-order valence-corrected chi connectivity index (χ0v) is 12.8. The van der Waals surface area contributed by atoms with Gasteiger partial charge in [-0.1, -0.05) is 60.7 Å². The number of hydrogen-bond acceptors (Lipinski definition) is 3. The van der Waals surface area contributed by atoms with Crippen LogP contribution in [-0.2, 0) is 9.53 Å². The Morgan fingerprint density at radius 1 is 1.00 bits per heavy atom. The smallest absolute Gasteiger partial charge is 0.250 e. The Hall–Kier alpha value is -2.17. The predicted octanol–water partition coefficient (Wildman–Crippen LogP) is 2.50. The first kappa shape index (κ1) is 14.8. The largest absolute Gasteiger partial charge is 0.357 e. The number of benzene rings is 2. The minimum atomic E-state index is -0.525. The molecule has 0 aliphatic carbocycles. The highest BCUT2D eigenvalue weighted by Crippen LogP contribution is 2.41. The molecule has 0 unspecified atom stereocenters. The number of carbonyl (C=O) groups excluding carboxylic acids is 1. The molecule has 2 aromatic carbocycles. The van der Waals surface area contributed by atoms with Gasteiger partial charge < -0.3 is 10.1 Å². The van der Waals surface area contributed by atoms with Gasteiger partial charge in [-0.2, -0.15) is 0 Å². The molecule has 1 saturated heterocycles. The van der Waals surface area contributed by atoms with E-state index in [4.69, 9.17) is 4.74 Å². The molecule has 1 amide bonds. The Morgan fingerprint density at radius 2 is 1.55 bits per heavy atom. The molecule has 22 heavy (non-hydrogen) atoms. The summed E-state index contributed by atoms with van der Waals surface area (Å²) in [4.78, 5) is 14.4. The quantitative estimate of drug-likeness (QED) is 0.946. The maximum absolute atomic E-state index is 12.3. The summed E-state index contributed by atoms with van der Waals surface area (Å²) in [5.41, 5.74) is 2.13. The summed E-state index contributed by atoms with van der Waals surface area (Å²) in [6, 6.07) is 19.9. The first-order chi connectivity index (χ1) is 10.7. The zero-order valence-electron chi connectivity index (χ0n) is 12.8. The molecule has 1 N–H and O–H groups in total. The monoisotopic (exact) mass is 296 g/mol. The highest BCUT2D eigenvalue weighted by Gasteiger charge is 2.44. The van der Waals surface area contributed by atoms with E-state index in [9.17, 15) is 4.79 Å². The molecule has 0 saturated carbocycles. The van der Waals surface area contributed by atoms with E-state index in [1.165, 1.54) is 0 Å². The zero-order chi connectivity index (χ0) is 15.5. The lowest BCUT2D eigenvalue weighted by Gasteiger charge is -2.24. The molecular formula is C18H20N2O2. The topological polar surface area (TPSA) is 41.6 Å². The van der Waals surface area contributed by atoms with Gasteiger partial charge in [-0.05, 0) is 18.2 Å². The van der Waals surface area contributed by atoms with Crippen LogP contribution < -0.4 is 5.32 Å². The molecule has 3 rings (SSSR count). The summed E-state index contributed by atoms with van der Waals surface area (Å²) in [6.07, 6.45) is -0.753. The first-order valence-electron chi connectivity index (χ1n) is 7.41. The number of rotatable bonds is 3. The van der Waals surface area contributed by atoms with Crippen LogP contribution in [0.1, 0.15) is 23.4 Å². The van der Waals surface area contributed by atoms with Crippen LogP contribution in [0.5, 0.6) is 0 Å². The average molecular weight is 296 g/mol. The fourth-order valence-electron chi connectivity index (χ4n) is 3.01. The molecule has 0 spiro atoms. The van der Waals surface area contributed by atoms with Crippen LogP contribution in [0.15, 0.2) is 60.7 Å². The van der Waals surface area contributed by atoms with Crippen LogP contribution in [0, 0.1) is 0 Å². The third-order valence-electron chi connectivity index (χ3n) is 4.10. The van der Waals surface area contributed by atoms with E-state index in [0.29, 0.717) is 0 Å². The molecule has 0 aromatic heterocycles. The molecule has 1 aliphatic rings. The van der Waals surface area contributed by atoms with Crippen LogP contribution in [0.25, 0.3) is 0 Å². The molecule has 1 aliphatic heterocycles. The predicted molar refractivity (Wildman–Crippen MR) is 85.1 cm³/mol. The van der Waals surface area contributed by atoms with E-state index in [1.54, 1.807) is 7.05 Å². The van der Waals surface area contributed by atoms with Gasteiger partial charge in [0, 0.05) is 7.05 Å². The summed E-state index contributed by atoms with van der Waals surface area (Å²) in [6.45, 7) is 0. The minimum absolute atomic E-state index is 0.0980. The van der Waals surface area contributed by atoms with Crippen molar-refractivity contribution in [1.82, 2.24) is 10.2 Å². The van der Waals surface area contributed by atoms with Crippen LogP contribution >= 0.6 is 0 Å². The number of amides is 1. The molecule has 0 bridgehead atoms. The van der Waals surface area contributed by atoms with Gasteiger partial charge in [0.25, 0.3) is 5.91 Å². The van der Waals surface area contributed by atoms with Crippen molar-refractivity contribution in [3.05, 3.63) is 71.8 Å². The van der Waals surface area contributed by atoms with Gasteiger partial charge in [-0.15, -0.1) is 0 Å². The Bertz CT molecular complexity index is 630. The lowest BCUT2D eigenvalue weighted by atomic mass is 10.0. The number of hydrogen-bond donors (Lipinski definition) is 1. The number of nitrogens with one attached hydrogen (secondary N) is 1. The van der Waals surface area contributed by atoms with E-state index in [1.807, 2.05) is 67.7 Å². The maximum atomic E-state index is 12.3. The molecule has 114 valence electrons. The van der Waals surface area contributed by atoms with Crippen LogP contribution in [0.2, 0.25) is 0 Å². The van der Waals surface area contributed by atoms with Crippen molar-refractivity contribution < 1.29 is 9.53 Å². The van der Waals surface area contributed by atoms with Crippen molar-refractivity contribution in [2.24, 2.45) is 0 Å². The van der Waals surface area contributed by atoms with Crippen LogP contribution in [-0.4, -0.2) is 31.0 Å². The lowest BCUT2D eigenvalue weighted by Crippen LogP contribution is -2.37. The maximum Gasteiger partial charge on any atom is 0.250 e. The van der Waals surface area contributed by atoms with E-state index in [-0.39, 0.29) is 18.2 Å². The highest BCUT2D eigenvalue weighted by molar-refractivity contribution is 5.82. The third kappa shape index (κ3) is 2.63. The normalized spacial score (nSPS) is 25.1. The van der Waals surface area contributed by atoms with Crippen LogP contribution in [0.4, 0.5) is 0 Å². The first-order valence-corrected chi connectivity index (χ1v) is 7.41. The molecule has 3 atom stereocenters. The summed E-state index contributed by atoms with van der Waals surface area (Å²) in [7, 11) is 3.64. The second kappa shape index (κ2) is 6.30. The molecule has 4 nitrogen and oxygen atoms in total. The second-order valence-corrected chi connectivity index (χ2v) is 5.45. The van der Waals surface area contributed by atoms with Gasteiger partial charge in [0.05, 0.1) is 6.04 Å². The molecule has 1 heterocycles. The number of nitrogens with zero attached hydrogens (tertiary/aromatic N) is 1. The minimum Gasteiger partial charge on any atom is -0.357 e. The van der Waals surface area contributed by atoms with Gasteiger partial charge in [-0.3, -0.25) is 9.69 Å². The fraction of sp³-hybridized carbons (Fsp3) is 0.278. The summed E-state index contributed by atoms with van der Waals surface area (Å²) in [5, 5.41) is 2.71. The summed E-state index contributed by atoms with van der Waals surface area (Å²) in [5.74, 6) is -0.0980. The number of likely N-dealkylation sites (N-methyl/N-ethyl adjacent to an activating group) is 2. The lowest BCUT2D eigenvalue weighted by molar-refractivity contribution is -0.132. The SMILES string of the molecule is CNC(=O)[C@@H]1O[C@H](c2ccccc2)N(C)[C@@H]1c1ccccc1. The van der Waals surface area contributed by atoms with Gasteiger partial charge in [0.1, 0.15) is 6.23 Å². The second-order valence-electron chi connectivity index (χ2n) is 5.45. The highest BCUT2D eigenvalue weighted by atomic mass is 16.5. The Morgan fingerprint density at radius 3 is 2.09 bits per heavy atom. The fourth-order valence-corrected chi connectivity index (χ4v) is 3.01. The number of ether oxygens (including phenoxy) is 1. The summed E-state index contributed by atoms with van der Waals surface area (Å²) >= 11 is 0. The van der Waals surface area contributed by atoms with Crippen LogP contribution in [0.3, 0.4) is 0 Å². The average Bonchev–Trinajstić information content (AvgIpc) is 2.93. The number of carbonyl (C=O) groups is 1. The molecule has 2 aromatic rings. The third-order valence-corrected chi connectivity index (χ3v) is 4.10. The van der Waals surface area contributed by atoms with Crippen molar-refractivity contribution in [2.45, 2.75) is 18.4 Å². The molecule has 1 fully saturated rings. The molecular weight excluding hydrogens is 276 g/mol. The van der Waals surface area contributed by atoms with E-state index < -0.39 is 6.10 Å². The van der Waals surface area contributed by atoms with Crippen molar-refractivity contribution in [1.29, 1.82) is 0 Å². The van der Waals surface area contributed by atoms with Gasteiger partial charge >= 0.3 is 0 Å². The van der Waals surface area contributed by atoms with E-state index in [0.717, 1.165) is 11.1 Å². The Labute approximate surface area is 130 Å². The van der Waals surface area contributed by atoms with Crippen molar-refractivity contribution in [3.63, 3.8) is 0 Å². The Balaban J connectivity index is 1.97. The van der Waals surface area contributed by atoms with Gasteiger partial charge in [0.15, 0.2) is 6.10 Å². The van der Waals surface area contributed by atoms with Gasteiger partial charge in [-0.25, -0.2) is 0 Å². The Kier molecular flexibility index (Phi) is 4.22. The van der Waals surface area contributed by atoms with E-state index in [2.05, 4.69) is 10.2 Å². The van der Waals surface area contributed by atoms with Crippen molar-refractivity contribution >= 4 is 5.91 Å². The molecule has 4 heteroatoms. The van der Waals surface area contributed by atoms with Crippen molar-refractivity contribution in [2.75, 3.05) is 14.1 Å². The molecule has 0 radical (unpaired) electrons. The summed E-state index contributed by atoms with van der Waals surface area (Å²) < 4.78 is 6.09.